The average molecular weight is 532 g/mol. The predicted octanol–water partition coefficient (Wildman–Crippen LogP) is 2.19. The van der Waals surface area contributed by atoms with E-state index in [9.17, 15) is 18.0 Å². The number of ether oxygens (including phenoxy) is 1. The molecule has 4 rings (SSSR count). The quantitative estimate of drug-likeness (QED) is 0.478. The van der Waals surface area contributed by atoms with Gasteiger partial charge in [-0.3, -0.25) is 9.78 Å². The van der Waals surface area contributed by atoms with Crippen LogP contribution in [0.1, 0.15) is 73.1 Å². The van der Waals surface area contributed by atoms with Gasteiger partial charge in [0.05, 0.1) is 18.1 Å². The monoisotopic (exact) mass is 531 g/mol. The smallest absolute Gasteiger partial charge is 0.404 e. The van der Waals surface area contributed by atoms with Gasteiger partial charge in [0, 0.05) is 35.7 Å². The van der Waals surface area contributed by atoms with Crippen LogP contribution in [0.3, 0.4) is 0 Å². The highest BCUT2D eigenvalue weighted by Gasteiger charge is 2.28. The highest BCUT2D eigenvalue weighted by atomic mass is 32.2. The van der Waals surface area contributed by atoms with Gasteiger partial charge < -0.3 is 26.4 Å². The molecule has 0 radical (unpaired) electrons. The van der Waals surface area contributed by atoms with Gasteiger partial charge in [-0.2, -0.15) is 4.98 Å². The molecular weight excluding hydrogens is 498 g/mol. The van der Waals surface area contributed by atoms with Crippen molar-refractivity contribution in [3.8, 4) is 0 Å². The van der Waals surface area contributed by atoms with Crippen LogP contribution < -0.4 is 21.7 Å². The third-order valence-corrected chi connectivity index (χ3v) is 8.39. The second-order valence-corrected chi connectivity index (χ2v) is 12.2. The number of amides is 2. The molecular formula is C24H33N7O5S. The molecule has 2 aromatic rings. The van der Waals surface area contributed by atoms with Crippen LogP contribution in [0.15, 0.2) is 18.3 Å². The Hall–Kier alpha value is -3.48. The number of nitrogens with zero attached hydrogens (tertiary/aromatic N) is 4. The Labute approximate surface area is 216 Å². The lowest BCUT2D eigenvalue weighted by atomic mass is 9.96. The molecule has 37 heavy (non-hydrogen) atoms. The number of pyridine rings is 1. The number of piperidine rings is 1. The highest BCUT2D eigenvalue weighted by molar-refractivity contribution is 7.91. The van der Waals surface area contributed by atoms with Crippen molar-refractivity contribution in [1.82, 2.24) is 15.0 Å². The van der Waals surface area contributed by atoms with Crippen LogP contribution in [0.5, 0.6) is 0 Å². The van der Waals surface area contributed by atoms with Crippen molar-refractivity contribution in [1.29, 1.82) is 0 Å². The maximum Gasteiger partial charge on any atom is 0.404 e. The summed E-state index contributed by atoms with van der Waals surface area (Å²) in [6.45, 7) is 5.08. The van der Waals surface area contributed by atoms with Crippen LogP contribution in [-0.2, 0) is 14.6 Å². The third-order valence-electron chi connectivity index (χ3n) is 6.68. The number of carbonyl (C=O) groups excluding carboxylic acids is 2. The molecule has 2 aliphatic rings. The maximum absolute atomic E-state index is 12.2. The fraction of sp³-hybridized carbons (Fsp3) is 0.542. The van der Waals surface area contributed by atoms with Crippen LogP contribution in [-0.4, -0.2) is 66.1 Å². The molecule has 2 fully saturated rings. The van der Waals surface area contributed by atoms with Gasteiger partial charge in [0.25, 0.3) is 5.91 Å². The van der Waals surface area contributed by atoms with E-state index in [-0.39, 0.29) is 40.8 Å². The largest absolute Gasteiger partial charge is 0.445 e. The summed E-state index contributed by atoms with van der Waals surface area (Å²) >= 11 is 0. The fourth-order valence-electron chi connectivity index (χ4n) is 4.65. The molecule has 4 heterocycles. The SMILES string of the molecule is CC(C)c1cc(Nc2nc(N3CCC[C@H](OC(N)=O)C3)ncc2C(N)=O)cc(C2CCS(=O)(=O)CC2)n1. The normalized spacial score (nSPS) is 20.0. The Kier molecular flexibility index (Phi) is 7.81. The van der Waals surface area contributed by atoms with Crippen LogP contribution in [0.2, 0.25) is 0 Å². The number of aromatic nitrogens is 3. The third kappa shape index (κ3) is 6.64. The van der Waals surface area contributed by atoms with E-state index in [1.165, 1.54) is 6.20 Å². The van der Waals surface area contributed by atoms with E-state index in [2.05, 4.69) is 15.3 Å². The lowest BCUT2D eigenvalue weighted by Gasteiger charge is -2.32. The predicted molar refractivity (Wildman–Crippen MR) is 139 cm³/mol. The van der Waals surface area contributed by atoms with E-state index in [1.807, 2.05) is 30.9 Å². The van der Waals surface area contributed by atoms with E-state index in [4.69, 9.17) is 21.2 Å². The van der Waals surface area contributed by atoms with Crippen molar-refractivity contribution < 1.29 is 22.7 Å². The van der Waals surface area contributed by atoms with E-state index < -0.39 is 21.8 Å². The second kappa shape index (κ2) is 10.9. The van der Waals surface area contributed by atoms with Crippen molar-refractivity contribution in [3.63, 3.8) is 0 Å². The van der Waals surface area contributed by atoms with E-state index in [1.54, 1.807) is 0 Å². The van der Waals surface area contributed by atoms with Crippen molar-refractivity contribution >= 4 is 39.3 Å². The number of nitrogens with two attached hydrogens (primary N) is 2. The van der Waals surface area contributed by atoms with Gasteiger partial charge in [-0.25, -0.2) is 18.2 Å². The molecule has 5 N–H and O–H groups in total. The summed E-state index contributed by atoms with van der Waals surface area (Å²) < 4.78 is 29.0. The van der Waals surface area contributed by atoms with E-state index in [0.29, 0.717) is 44.0 Å². The van der Waals surface area contributed by atoms with Gasteiger partial charge in [-0.05, 0) is 43.7 Å². The van der Waals surface area contributed by atoms with Gasteiger partial charge in [0.15, 0.2) is 0 Å². The van der Waals surface area contributed by atoms with Crippen LogP contribution in [0.25, 0.3) is 0 Å². The van der Waals surface area contributed by atoms with Gasteiger partial charge in [-0.15, -0.1) is 0 Å². The lowest BCUT2D eigenvalue weighted by molar-refractivity contribution is 0.0959. The van der Waals surface area contributed by atoms with E-state index >= 15 is 0 Å². The molecule has 0 aliphatic carbocycles. The number of hydrogen-bond acceptors (Lipinski definition) is 10. The van der Waals surface area contributed by atoms with Crippen LogP contribution in [0, 0.1) is 0 Å². The molecule has 2 saturated heterocycles. The minimum absolute atomic E-state index is 0.0230. The molecule has 0 bridgehead atoms. The number of primary amides is 2. The zero-order valence-electron chi connectivity index (χ0n) is 21.0. The zero-order valence-corrected chi connectivity index (χ0v) is 21.8. The number of rotatable bonds is 7. The molecule has 2 aliphatic heterocycles. The maximum atomic E-state index is 12.2. The summed E-state index contributed by atoms with van der Waals surface area (Å²) in [5, 5.41) is 3.23. The number of anilines is 3. The Balaban J connectivity index is 1.64. The summed E-state index contributed by atoms with van der Waals surface area (Å²) in [5.74, 6) is 0.361. The van der Waals surface area contributed by atoms with Gasteiger partial charge in [0.2, 0.25) is 5.95 Å². The first-order chi connectivity index (χ1) is 17.5. The molecule has 0 spiro atoms. The number of nitrogens with one attached hydrogen (secondary N) is 1. The first kappa shape index (κ1) is 26.6. The van der Waals surface area contributed by atoms with E-state index in [0.717, 1.165) is 17.8 Å². The first-order valence-corrected chi connectivity index (χ1v) is 14.2. The Morgan fingerprint density at radius 2 is 1.86 bits per heavy atom. The van der Waals surface area contributed by atoms with Crippen molar-refractivity contribution in [2.45, 2.75) is 57.5 Å². The Morgan fingerprint density at radius 3 is 2.51 bits per heavy atom. The zero-order chi connectivity index (χ0) is 26.7. The highest BCUT2D eigenvalue weighted by Crippen LogP contribution is 2.32. The summed E-state index contributed by atoms with van der Waals surface area (Å²) in [6, 6.07) is 3.76. The summed E-state index contributed by atoms with van der Waals surface area (Å²) in [5.41, 5.74) is 13.2. The van der Waals surface area contributed by atoms with Crippen molar-refractivity contribution in [3.05, 3.63) is 35.3 Å². The fourth-order valence-corrected chi connectivity index (χ4v) is 6.15. The van der Waals surface area contributed by atoms with Gasteiger partial charge >= 0.3 is 6.09 Å². The molecule has 2 aromatic heterocycles. The average Bonchev–Trinajstić information content (AvgIpc) is 2.83. The van der Waals surface area contributed by atoms with Gasteiger partial charge in [0.1, 0.15) is 27.3 Å². The molecule has 0 unspecified atom stereocenters. The standard InChI is InChI=1S/C24H33N7O5S/c1-14(2)19-10-16(11-20(29-19)15-5-8-37(34,35)9-6-15)28-22-18(21(25)32)12-27-24(30-22)31-7-3-4-17(13-31)36-23(26)33/h10-12,14-15,17H,3-9,13H2,1-2H3,(H2,25,32)(H2,26,33)(H,27,28,29,30)/t17-/m0/s1. The summed E-state index contributed by atoms with van der Waals surface area (Å²) in [6.07, 6.45) is 2.65. The van der Waals surface area contributed by atoms with Crippen LogP contribution >= 0.6 is 0 Å². The van der Waals surface area contributed by atoms with Crippen molar-refractivity contribution in [2.75, 3.05) is 34.8 Å². The summed E-state index contributed by atoms with van der Waals surface area (Å²) in [4.78, 5) is 39.0. The molecule has 2 amide bonds. The molecule has 13 heteroatoms. The molecule has 0 aromatic carbocycles. The molecule has 12 nitrogen and oxygen atoms in total. The lowest BCUT2D eigenvalue weighted by Crippen LogP contribution is -2.42. The molecule has 200 valence electrons. The Bertz CT molecular complexity index is 1270. The number of carbonyl (C=O) groups is 2. The minimum atomic E-state index is -3.00. The minimum Gasteiger partial charge on any atom is -0.445 e. The Morgan fingerprint density at radius 1 is 1.14 bits per heavy atom. The van der Waals surface area contributed by atoms with Gasteiger partial charge in [-0.1, -0.05) is 13.8 Å². The summed E-state index contributed by atoms with van der Waals surface area (Å²) in [7, 11) is -3.00. The molecule has 0 saturated carbocycles. The van der Waals surface area contributed by atoms with Crippen LogP contribution in [0.4, 0.5) is 22.2 Å². The first-order valence-electron chi connectivity index (χ1n) is 12.4. The second-order valence-electron chi connectivity index (χ2n) is 9.86. The number of hydrogen-bond donors (Lipinski definition) is 3. The molecule has 1 atom stereocenters. The number of sulfone groups is 1. The topological polar surface area (TPSA) is 183 Å². The van der Waals surface area contributed by atoms with Crippen molar-refractivity contribution in [2.24, 2.45) is 11.5 Å².